The van der Waals surface area contributed by atoms with E-state index >= 15 is 0 Å². The monoisotopic (exact) mass is 411 g/mol. The van der Waals surface area contributed by atoms with Gasteiger partial charge in [-0.1, -0.05) is 30.3 Å². The molecule has 30 heavy (non-hydrogen) atoms. The van der Waals surface area contributed by atoms with Gasteiger partial charge in [0.2, 0.25) is 0 Å². The van der Waals surface area contributed by atoms with Gasteiger partial charge in [0.1, 0.15) is 11.4 Å². The molecule has 1 N–H and O–H groups in total. The van der Waals surface area contributed by atoms with Crippen molar-refractivity contribution < 1.29 is 14.3 Å². The number of aromatic amines is 1. The lowest BCUT2D eigenvalue weighted by Crippen LogP contribution is -2.57. The minimum absolute atomic E-state index is 0.0582. The van der Waals surface area contributed by atoms with Crippen molar-refractivity contribution in [2.45, 2.75) is 31.3 Å². The number of hydrogen-bond donors (Lipinski definition) is 1. The van der Waals surface area contributed by atoms with Gasteiger partial charge >= 0.3 is 6.03 Å². The number of carbonyl (C=O) groups is 2. The third-order valence-electron chi connectivity index (χ3n) is 6.22. The smallest absolute Gasteiger partial charge is 0.327 e. The van der Waals surface area contributed by atoms with E-state index in [1.807, 2.05) is 36.5 Å². The molecule has 2 fully saturated rings. The van der Waals surface area contributed by atoms with Crippen molar-refractivity contribution in [3.05, 3.63) is 54.1 Å². The van der Waals surface area contributed by atoms with E-state index in [1.165, 1.54) is 4.90 Å². The number of H-pyrrole nitrogens is 1. The highest BCUT2D eigenvalue weighted by Crippen LogP contribution is 2.37. The Kier molecular flexibility index (Phi) is 6.15. The number of nitrogens with one attached hydrogen (secondary N) is 1. The average Bonchev–Trinajstić information content (AvgIpc) is 3.34. The molecule has 0 aliphatic carbocycles. The quantitative estimate of drug-likeness (QED) is 0.671. The van der Waals surface area contributed by atoms with Crippen molar-refractivity contribution in [1.29, 1.82) is 0 Å². The minimum atomic E-state index is -0.758. The van der Waals surface area contributed by atoms with Crippen molar-refractivity contribution >= 4 is 11.9 Å². The van der Waals surface area contributed by atoms with Gasteiger partial charge in [0, 0.05) is 45.7 Å². The number of rotatable bonds is 8. The first kappa shape index (κ1) is 20.6. The number of ether oxygens (including phenoxy) is 1. The molecule has 2 saturated heterocycles. The number of likely N-dealkylation sites (tertiary alicyclic amines) is 1. The highest BCUT2D eigenvalue weighted by Gasteiger charge is 2.57. The number of hydrogen-bond acceptors (Lipinski definition) is 5. The van der Waals surface area contributed by atoms with Crippen molar-refractivity contribution in [1.82, 2.24) is 24.7 Å². The van der Waals surface area contributed by atoms with Crippen molar-refractivity contribution in [3.8, 4) is 0 Å². The van der Waals surface area contributed by atoms with Gasteiger partial charge in [-0.2, -0.15) is 0 Å². The summed E-state index contributed by atoms with van der Waals surface area (Å²) >= 11 is 0. The van der Waals surface area contributed by atoms with Crippen LogP contribution < -0.4 is 0 Å². The van der Waals surface area contributed by atoms with Crippen LogP contribution in [-0.2, 0) is 22.5 Å². The molecule has 0 atom stereocenters. The highest BCUT2D eigenvalue weighted by molar-refractivity contribution is 6.07. The Bertz CT molecular complexity index is 847. The van der Waals surface area contributed by atoms with E-state index < -0.39 is 5.54 Å². The van der Waals surface area contributed by atoms with E-state index in [9.17, 15) is 9.59 Å². The van der Waals surface area contributed by atoms with Gasteiger partial charge in [-0.05, 0) is 24.8 Å². The Labute approximate surface area is 176 Å². The number of nitrogens with zero attached hydrogens (tertiary/aromatic N) is 4. The largest absolute Gasteiger partial charge is 0.383 e. The first-order valence-corrected chi connectivity index (χ1v) is 10.5. The predicted octanol–water partition coefficient (Wildman–Crippen LogP) is 1.90. The Hall–Kier alpha value is -2.71. The summed E-state index contributed by atoms with van der Waals surface area (Å²) in [5.41, 5.74) is 0.363. The highest BCUT2D eigenvalue weighted by atomic mass is 16.5. The number of piperidine rings is 1. The van der Waals surface area contributed by atoms with E-state index in [4.69, 9.17) is 4.74 Å². The average molecular weight is 412 g/mol. The van der Waals surface area contributed by atoms with Gasteiger partial charge in [0.25, 0.3) is 5.91 Å². The van der Waals surface area contributed by atoms with Crippen LogP contribution in [0.1, 0.15) is 24.2 Å². The fourth-order valence-corrected chi connectivity index (χ4v) is 4.52. The molecule has 3 amide bonds. The number of urea groups is 1. The topological polar surface area (TPSA) is 81.8 Å². The lowest BCUT2D eigenvalue weighted by molar-refractivity contribution is -0.135. The van der Waals surface area contributed by atoms with Crippen LogP contribution in [0.15, 0.2) is 42.7 Å². The van der Waals surface area contributed by atoms with Crippen molar-refractivity contribution in [2.24, 2.45) is 0 Å². The molecule has 0 radical (unpaired) electrons. The molecule has 2 aliphatic heterocycles. The predicted molar refractivity (Wildman–Crippen MR) is 112 cm³/mol. The summed E-state index contributed by atoms with van der Waals surface area (Å²) in [6.45, 7) is 3.47. The fourth-order valence-electron chi connectivity index (χ4n) is 4.52. The van der Waals surface area contributed by atoms with Crippen molar-refractivity contribution in [2.75, 3.05) is 39.9 Å². The third-order valence-corrected chi connectivity index (χ3v) is 6.22. The van der Waals surface area contributed by atoms with E-state index in [1.54, 1.807) is 18.2 Å². The molecule has 0 bridgehead atoms. The van der Waals surface area contributed by atoms with Gasteiger partial charge in [-0.3, -0.25) is 14.6 Å². The van der Waals surface area contributed by atoms with Crippen LogP contribution in [0.5, 0.6) is 0 Å². The van der Waals surface area contributed by atoms with Crippen LogP contribution in [0.3, 0.4) is 0 Å². The first-order chi connectivity index (χ1) is 14.6. The molecule has 1 aromatic heterocycles. The molecule has 160 valence electrons. The summed E-state index contributed by atoms with van der Waals surface area (Å²) in [4.78, 5) is 39.6. The van der Waals surface area contributed by atoms with Gasteiger partial charge in [0.05, 0.1) is 13.2 Å². The summed E-state index contributed by atoms with van der Waals surface area (Å²) in [5, 5.41) is 0. The normalized spacial score (nSPS) is 19.2. The van der Waals surface area contributed by atoms with E-state index in [2.05, 4.69) is 14.9 Å². The molecule has 0 unspecified atom stereocenters. The lowest BCUT2D eigenvalue weighted by Gasteiger charge is -2.42. The van der Waals surface area contributed by atoms with Gasteiger partial charge in [-0.15, -0.1) is 0 Å². The molecule has 8 heteroatoms. The summed E-state index contributed by atoms with van der Waals surface area (Å²) in [7, 11) is 1.62. The number of amides is 3. The summed E-state index contributed by atoms with van der Waals surface area (Å²) in [6.07, 6.45) is 5.48. The molecule has 2 aliphatic rings. The zero-order chi connectivity index (χ0) is 21.0. The van der Waals surface area contributed by atoms with Crippen LogP contribution in [0.4, 0.5) is 4.79 Å². The van der Waals surface area contributed by atoms with Crippen molar-refractivity contribution in [3.63, 3.8) is 0 Å². The van der Waals surface area contributed by atoms with Gasteiger partial charge in [0.15, 0.2) is 0 Å². The molecule has 4 rings (SSSR count). The number of aromatic nitrogens is 2. The molecule has 1 spiro atoms. The van der Waals surface area contributed by atoms with Crippen LogP contribution in [0.25, 0.3) is 0 Å². The third kappa shape index (κ3) is 3.97. The van der Waals surface area contributed by atoms with Gasteiger partial charge < -0.3 is 14.6 Å². The maximum absolute atomic E-state index is 13.5. The molecule has 8 nitrogen and oxygen atoms in total. The lowest BCUT2D eigenvalue weighted by atomic mass is 9.85. The second kappa shape index (κ2) is 8.97. The Balaban J connectivity index is 1.47. The number of imide groups is 1. The zero-order valence-electron chi connectivity index (χ0n) is 17.4. The van der Waals surface area contributed by atoms with Crippen LogP contribution in [0, 0.1) is 0 Å². The molecule has 2 aromatic rings. The zero-order valence-corrected chi connectivity index (χ0v) is 17.4. The first-order valence-electron chi connectivity index (χ1n) is 10.5. The van der Waals surface area contributed by atoms with E-state index in [-0.39, 0.29) is 11.9 Å². The standard InChI is InChI=1S/C22H29N5O3/c1-30-16-15-27-21(29)26(12-7-18-5-3-2-4-6-18)20(28)22(27)8-13-25(14-9-22)17-19-23-10-11-24-19/h2-6,10-11H,7-9,12-17H2,1H3,(H,23,24). The molecule has 0 saturated carbocycles. The molecular formula is C22H29N5O3. The Morgan fingerprint density at radius 3 is 2.57 bits per heavy atom. The van der Waals surface area contributed by atoms with Crippen LogP contribution >= 0.6 is 0 Å². The number of imidazole rings is 1. The van der Waals surface area contributed by atoms with Crippen LogP contribution in [0.2, 0.25) is 0 Å². The molecule has 3 heterocycles. The summed E-state index contributed by atoms with van der Waals surface area (Å²) < 4.78 is 5.23. The Morgan fingerprint density at radius 2 is 1.90 bits per heavy atom. The number of methoxy groups -OCH3 is 1. The number of benzene rings is 1. The fraction of sp³-hybridized carbons (Fsp3) is 0.500. The van der Waals surface area contributed by atoms with Gasteiger partial charge in [-0.25, -0.2) is 9.78 Å². The maximum atomic E-state index is 13.5. The molecule has 1 aromatic carbocycles. The SMILES string of the molecule is COCCN1C(=O)N(CCc2ccccc2)C(=O)C12CCN(Cc1ncc[nH]1)CC2. The second-order valence-electron chi connectivity index (χ2n) is 7.96. The summed E-state index contributed by atoms with van der Waals surface area (Å²) in [5.74, 6) is 0.859. The maximum Gasteiger partial charge on any atom is 0.327 e. The van der Waals surface area contributed by atoms with E-state index in [0.717, 1.165) is 31.0 Å². The van der Waals surface area contributed by atoms with E-state index in [0.29, 0.717) is 39.0 Å². The second-order valence-corrected chi connectivity index (χ2v) is 7.96. The molecular weight excluding hydrogens is 382 g/mol. The summed E-state index contributed by atoms with van der Waals surface area (Å²) in [6, 6.07) is 9.78. The number of carbonyl (C=O) groups excluding carboxylic acids is 2. The Morgan fingerprint density at radius 1 is 1.13 bits per heavy atom. The minimum Gasteiger partial charge on any atom is -0.383 e. The van der Waals surface area contributed by atoms with Crippen LogP contribution in [-0.4, -0.2) is 82.0 Å².